The number of hydrogen-bond acceptors (Lipinski definition) is 3. The van der Waals surface area contributed by atoms with E-state index in [0.717, 1.165) is 12.8 Å². The minimum absolute atomic E-state index is 0.156. The van der Waals surface area contributed by atoms with Crippen molar-refractivity contribution >= 4 is 0 Å². The molecule has 1 heterocycles. The van der Waals surface area contributed by atoms with E-state index in [1.807, 2.05) is 10.9 Å². The first kappa shape index (κ1) is 15.0. The summed E-state index contributed by atoms with van der Waals surface area (Å²) in [6.07, 6.45) is -0.550. The lowest BCUT2D eigenvalue weighted by Crippen LogP contribution is -2.24. The van der Waals surface area contributed by atoms with Crippen molar-refractivity contribution in [3.05, 3.63) is 18.0 Å². The highest BCUT2D eigenvalue weighted by molar-refractivity contribution is 4.98. The smallest absolute Gasteiger partial charge is 0.292 e. The lowest BCUT2D eigenvalue weighted by atomic mass is 10.2. The maximum absolute atomic E-state index is 11.8. The fourth-order valence-electron chi connectivity index (χ4n) is 1.60. The first-order chi connectivity index (χ1) is 8.46. The van der Waals surface area contributed by atoms with Crippen molar-refractivity contribution in [3.63, 3.8) is 0 Å². The van der Waals surface area contributed by atoms with Gasteiger partial charge in [0.1, 0.15) is 0 Å². The molecule has 0 spiro atoms. The van der Waals surface area contributed by atoms with Crippen LogP contribution < -0.4 is 5.48 Å². The molecule has 7 heteroatoms. The van der Waals surface area contributed by atoms with E-state index in [1.165, 1.54) is 0 Å². The first-order valence-corrected chi connectivity index (χ1v) is 5.91. The van der Waals surface area contributed by atoms with Crippen molar-refractivity contribution in [1.82, 2.24) is 15.3 Å². The number of aromatic nitrogens is 2. The van der Waals surface area contributed by atoms with E-state index in [-0.39, 0.29) is 6.54 Å². The molecule has 0 saturated heterocycles. The molecule has 1 N–H and O–H groups in total. The van der Waals surface area contributed by atoms with Gasteiger partial charge in [0.15, 0.2) is 6.61 Å². The van der Waals surface area contributed by atoms with Gasteiger partial charge in [0.05, 0.1) is 18.3 Å². The SMILES string of the molecule is CCC(CC)n1ccc(CNOCC(F)(F)F)n1. The highest BCUT2D eigenvalue weighted by Gasteiger charge is 2.27. The molecule has 1 aromatic heterocycles. The molecular formula is C11H18F3N3O. The zero-order valence-electron chi connectivity index (χ0n) is 10.5. The van der Waals surface area contributed by atoms with E-state index >= 15 is 0 Å². The van der Waals surface area contributed by atoms with Gasteiger partial charge in [0, 0.05) is 6.20 Å². The second-order valence-electron chi connectivity index (χ2n) is 3.98. The number of nitrogens with zero attached hydrogens (tertiary/aromatic N) is 2. The Bertz CT molecular complexity index is 348. The zero-order chi connectivity index (χ0) is 13.6. The van der Waals surface area contributed by atoms with Crippen LogP contribution in [0.2, 0.25) is 0 Å². The van der Waals surface area contributed by atoms with Gasteiger partial charge in [0.25, 0.3) is 0 Å². The molecule has 0 amide bonds. The predicted octanol–water partition coefficient (Wildman–Crippen LogP) is 2.83. The van der Waals surface area contributed by atoms with Gasteiger partial charge >= 0.3 is 6.18 Å². The largest absolute Gasteiger partial charge is 0.413 e. The highest BCUT2D eigenvalue weighted by atomic mass is 19.4. The average molecular weight is 265 g/mol. The van der Waals surface area contributed by atoms with Crippen molar-refractivity contribution in [2.45, 2.75) is 45.5 Å². The number of nitrogens with one attached hydrogen (secondary N) is 1. The van der Waals surface area contributed by atoms with Gasteiger partial charge < -0.3 is 0 Å². The van der Waals surface area contributed by atoms with Gasteiger partial charge in [-0.15, -0.1) is 0 Å². The van der Waals surface area contributed by atoms with E-state index in [9.17, 15) is 13.2 Å². The van der Waals surface area contributed by atoms with E-state index in [1.54, 1.807) is 6.07 Å². The molecule has 104 valence electrons. The number of hydrogen-bond donors (Lipinski definition) is 1. The fraction of sp³-hybridized carbons (Fsp3) is 0.727. The van der Waals surface area contributed by atoms with Crippen molar-refractivity contribution < 1.29 is 18.0 Å². The van der Waals surface area contributed by atoms with Crippen LogP contribution in [0.4, 0.5) is 13.2 Å². The molecule has 0 bridgehead atoms. The predicted molar refractivity (Wildman–Crippen MR) is 60.7 cm³/mol. The zero-order valence-corrected chi connectivity index (χ0v) is 10.5. The van der Waals surface area contributed by atoms with Crippen molar-refractivity contribution in [1.29, 1.82) is 0 Å². The molecule has 0 saturated carbocycles. The Morgan fingerprint density at radius 2 is 2.06 bits per heavy atom. The maximum atomic E-state index is 11.8. The summed E-state index contributed by atoms with van der Waals surface area (Å²) in [6.45, 7) is 2.99. The van der Waals surface area contributed by atoms with Gasteiger partial charge in [-0.3, -0.25) is 9.52 Å². The summed E-state index contributed by atoms with van der Waals surface area (Å²) in [6, 6.07) is 2.09. The molecule has 0 aliphatic heterocycles. The fourth-order valence-corrected chi connectivity index (χ4v) is 1.60. The average Bonchev–Trinajstić information content (AvgIpc) is 2.74. The molecule has 0 unspecified atom stereocenters. The third kappa shape index (κ3) is 5.05. The van der Waals surface area contributed by atoms with Gasteiger partial charge in [-0.1, -0.05) is 13.8 Å². The van der Waals surface area contributed by atoms with Crippen LogP contribution in [0.5, 0.6) is 0 Å². The van der Waals surface area contributed by atoms with Crippen molar-refractivity contribution in [2.75, 3.05) is 6.61 Å². The number of alkyl halides is 3. The van der Waals surface area contributed by atoms with Crippen LogP contribution in [0.15, 0.2) is 12.3 Å². The number of rotatable bonds is 7. The van der Waals surface area contributed by atoms with E-state index in [2.05, 4.69) is 29.3 Å². The van der Waals surface area contributed by atoms with Crippen molar-refractivity contribution in [2.24, 2.45) is 0 Å². The summed E-state index contributed by atoms with van der Waals surface area (Å²) in [5.41, 5.74) is 2.91. The van der Waals surface area contributed by atoms with Crippen LogP contribution >= 0.6 is 0 Å². The second-order valence-corrected chi connectivity index (χ2v) is 3.98. The highest BCUT2D eigenvalue weighted by Crippen LogP contribution is 2.15. The lowest BCUT2D eigenvalue weighted by Gasteiger charge is -2.12. The van der Waals surface area contributed by atoms with Crippen LogP contribution in [0.1, 0.15) is 38.4 Å². The van der Waals surface area contributed by atoms with Gasteiger partial charge in [0.2, 0.25) is 0 Å². The minimum Gasteiger partial charge on any atom is -0.292 e. The van der Waals surface area contributed by atoms with Crippen LogP contribution in [-0.2, 0) is 11.4 Å². The standard InChI is InChI=1S/C11H18F3N3O/c1-3-10(4-2)17-6-5-9(16-17)7-15-18-8-11(12,13)14/h5-6,10,15H,3-4,7-8H2,1-2H3. The normalized spacial score (nSPS) is 12.3. The molecular weight excluding hydrogens is 247 g/mol. The molecule has 0 radical (unpaired) electrons. The number of hydroxylamine groups is 1. The lowest BCUT2D eigenvalue weighted by molar-refractivity contribution is -0.190. The molecule has 0 atom stereocenters. The molecule has 4 nitrogen and oxygen atoms in total. The summed E-state index contributed by atoms with van der Waals surface area (Å²) in [7, 11) is 0. The van der Waals surface area contributed by atoms with E-state index in [4.69, 9.17) is 0 Å². The maximum Gasteiger partial charge on any atom is 0.413 e. The topological polar surface area (TPSA) is 39.1 Å². The minimum atomic E-state index is -4.32. The van der Waals surface area contributed by atoms with Crippen LogP contribution in [0.3, 0.4) is 0 Å². The molecule has 1 aromatic rings. The van der Waals surface area contributed by atoms with Gasteiger partial charge in [-0.05, 0) is 18.9 Å². The first-order valence-electron chi connectivity index (χ1n) is 5.91. The van der Waals surface area contributed by atoms with Crippen LogP contribution in [0.25, 0.3) is 0 Å². The third-order valence-corrected chi connectivity index (χ3v) is 2.57. The summed E-state index contributed by atoms with van der Waals surface area (Å²) in [5, 5.41) is 4.28. The molecule has 1 rings (SSSR count). The third-order valence-electron chi connectivity index (χ3n) is 2.57. The summed E-state index contributed by atoms with van der Waals surface area (Å²) < 4.78 is 37.2. The van der Waals surface area contributed by atoms with E-state index in [0.29, 0.717) is 11.7 Å². The Hall–Kier alpha value is -1.08. The molecule has 0 fully saturated rings. The van der Waals surface area contributed by atoms with Gasteiger partial charge in [-0.2, -0.15) is 23.8 Å². The summed E-state index contributed by atoms with van der Waals surface area (Å²) in [5.74, 6) is 0. The molecule has 0 aliphatic carbocycles. The summed E-state index contributed by atoms with van der Waals surface area (Å²) >= 11 is 0. The van der Waals surface area contributed by atoms with Crippen LogP contribution in [-0.4, -0.2) is 22.6 Å². The molecule has 0 aromatic carbocycles. The molecule has 18 heavy (non-hydrogen) atoms. The number of halogens is 3. The van der Waals surface area contributed by atoms with E-state index < -0.39 is 12.8 Å². The summed E-state index contributed by atoms with van der Waals surface area (Å²) in [4.78, 5) is 4.30. The van der Waals surface area contributed by atoms with Crippen LogP contribution in [0, 0.1) is 0 Å². The Kier molecular flexibility index (Phi) is 5.61. The van der Waals surface area contributed by atoms with Gasteiger partial charge in [-0.25, -0.2) is 0 Å². The molecule has 0 aliphatic rings. The Balaban J connectivity index is 2.35. The Morgan fingerprint density at radius 3 is 2.61 bits per heavy atom. The monoisotopic (exact) mass is 265 g/mol. The van der Waals surface area contributed by atoms with Crippen molar-refractivity contribution in [3.8, 4) is 0 Å². The Morgan fingerprint density at radius 1 is 1.39 bits per heavy atom. The Labute approximate surface area is 104 Å². The quantitative estimate of drug-likeness (QED) is 0.608. The second kappa shape index (κ2) is 6.75.